The SMILES string of the molecule is COc1cc2cc(C3CCC(CC(=O)Nc4cc(C(C)(C)C(F)(F)F)nn4C)=CN3)cnc2cc1OC. The van der Waals surface area contributed by atoms with Gasteiger partial charge in [-0.05, 0) is 56.2 Å². The Balaban J connectivity index is 1.40. The second kappa shape index (κ2) is 9.95. The van der Waals surface area contributed by atoms with Crippen LogP contribution in [0, 0.1) is 0 Å². The Labute approximate surface area is 212 Å². The Morgan fingerprint density at radius 2 is 1.86 bits per heavy atom. The monoisotopic (exact) mass is 517 g/mol. The van der Waals surface area contributed by atoms with Crippen molar-refractivity contribution in [3.8, 4) is 11.5 Å². The van der Waals surface area contributed by atoms with Crippen molar-refractivity contribution in [2.45, 2.75) is 50.7 Å². The van der Waals surface area contributed by atoms with Gasteiger partial charge in [-0.15, -0.1) is 0 Å². The van der Waals surface area contributed by atoms with Crippen LogP contribution in [0.2, 0.25) is 0 Å². The van der Waals surface area contributed by atoms with E-state index >= 15 is 0 Å². The van der Waals surface area contributed by atoms with Gasteiger partial charge in [0.2, 0.25) is 5.91 Å². The van der Waals surface area contributed by atoms with Gasteiger partial charge in [0.05, 0.1) is 31.5 Å². The molecule has 2 N–H and O–H groups in total. The normalized spacial score (nSPS) is 16.2. The summed E-state index contributed by atoms with van der Waals surface area (Å²) in [6, 6.07) is 7.07. The summed E-state index contributed by atoms with van der Waals surface area (Å²) in [5, 5.41) is 10.9. The molecule has 3 heterocycles. The van der Waals surface area contributed by atoms with E-state index in [0.717, 1.165) is 42.3 Å². The molecule has 0 saturated heterocycles. The molecule has 37 heavy (non-hydrogen) atoms. The van der Waals surface area contributed by atoms with Gasteiger partial charge in [-0.3, -0.25) is 14.5 Å². The third-order valence-electron chi connectivity index (χ3n) is 6.74. The number of benzene rings is 1. The van der Waals surface area contributed by atoms with Crippen LogP contribution in [0.15, 0.2) is 42.2 Å². The fourth-order valence-corrected chi connectivity index (χ4v) is 4.20. The first-order chi connectivity index (χ1) is 17.4. The molecule has 1 unspecified atom stereocenters. The van der Waals surface area contributed by atoms with Crippen molar-refractivity contribution < 1.29 is 27.4 Å². The highest BCUT2D eigenvalue weighted by molar-refractivity contribution is 5.91. The summed E-state index contributed by atoms with van der Waals surface area (Å²) in [5.74, 6) is 1.14. The molecule has 0 bridgehead atoms. The molecule has 11 heteroatoms. The van der Waals surface area contributed by atoms with Gasteiger partial charge in [0.15, 0.2) is 11.5 Å². The zero-order valence-electron chi connectivity index (χ0n) is 21.4. The highest BCUT2D eigenvalue weighted by atomic mass is 19.4. The highest BCUT2D eigenvalue weighted by Gasteiger charge is 2.50. The van der Waals surface area contributed by atoms with Gasteiger partial charge >= 0.3 is 6.18 Å². The number of halogens is 3. The largest absolute Gasteiger partial charge is 0.493 e. The summed E-state index contributed by atoms with van der Waals surface area (Å²) < 4.78 is 52.1. The van der Waals surface area contributed by atoms with E-state index < -0.39 is 11.6 Å². The van der Waals surface area contributed by atoms with Crippen molar-refractivity contribution in [2.24, 2.45) is 7.05 Å². The summed E-state index contributed by atoms with van der Waals surface area (Å²) in [4.78, 5) is 17.2. The van der Waals surface area contributed by atoms with Gasteiger partial charge in [0.25, 0.3) is 0 Å². The molecule has 3 aromatic rings. The van der Waals surface area contributed by atoms with Crippen LogP contribution in [0.5, 0.6) is 11.5 Å². The van der Waals surface area contributed by atoms with E-state index in [1.54, 1.807) is 14.2 Å². The van der Waals surface area contributed by atoms with Crippen LogP contribution >= 0.6 is 0 Å². The molecule has 1 amide bonds. The van der Waals surface area contributed by atoms with Crippen molar-refractivity contribution in [3.63, 3.8) is 0 Å². The minimum atomic E-state index is -4.46. The fourth-order valence-electron chi connectivity index (χ4n) is 4.20. The lowest BCUT2D eigenvalue weighted by Gasteiger charge is -2.25. The minimum Gasteiger partial charge on any atom is -0.493 e. The van der Waals surface area contributed by atoms with Crippen molar-refractivity contribution in [1.29, 1.82) is 0 Å². The van der Waals surface area contributed by atoms with Crippen LogP contribution in [0.25, 0.3) is 10.9 Å². The number of ether oxygens (including phenoxy) is 2. The summed E-state index contributed by atoms with van der Waals surface area (Å²) in [6.07, 6.45) is 0.753. The van der Waals surface area contributed by atoms with E-state index in [2.05, 4.69) is 26.8 Å². The third-order valence-corrected chi connectivity index (χ3v) is 6.74. The number of alkyl halides is 3. The van der Waals surface area contributed by atoms with Crippen LogP contribution in [-0.2, 0) is 17.3 Å². The number of anilines is 1. The molecule has 4 rings (SSSR count). The molecular formula is C26H30F3N5O3. The van der Waals surface area contributed by atoms with Crippen LogP contribution in [-0.4, -0.2) is 41.1 Å². The van der Waals surface area contributed by atoms with E-state index in [9.17, 15) is 18.0 Å². The molecule has 2 aromatic heterocycles. The van der Waals surface area contributed by atoms with E-state index in [-0.39, 0.29) is 29.9 Å². The number of methoxy groups -OCH3 is 2. The van der Waals surface area contributed by atoms with Gasteiger partial charge in [-0.25, -0.2) is 0 Å². The highest BCUT2D eigenvalue weighted by Crippen LogP contribution is 2.40. The number of rotatable bonds is 7. The van der Waals surface area contributed by atoms with Crippen molar-refractivity contribution >= 4 is 22.6 Å². The number of nitrogens with one attached hydrogen (secondary N) is 2. The van der Waals surface area contributed by atoms with Gasteiger partial charge in [0.1, 0.15) is 11.2 Å². The van der Waals surface area contributed by atoms with Crippen molar-refractivity contribution in [2.75, 3.05) is 19.5 Å². The third kappa shape index (κ3) is 5.35. The Kier molecular flexibility index (Phi) is 7.07. The molecule has 0 radical (unpaired) electrons. The van der Waals surface area contributed by atoms with Gasteiger partial charge < -0.3 is 20.1 Å². The first-order valence-electron chi connectivity index (χ1n) is 11.8. The second-order valence-corrected chi connectivity index (χ2v) is 9.62. The number of nitrogens with zero attached hydrogens (tertiary/aromatic N) is 3. The topological polar surface area (TPSA) is 90.3 Å². The number of pyridine rings is 1. The number of aromatic nitrogens is 3. The lowest BCUT2D eigenvalue weighted by Crippen LogP contribution is -2.36. The predicted molar refractivity (Wildman–Crippen MR) is 134 cm³/mol. The molecule has 0 aliphatic carbocycles. The molecule has 8 nitrogen and oxygen atoms in total. The molecular weight excluding hydrogens is 487 g/mol. The summed E-state index contributed by atoms with van der Waals surface area (Å²) in [6.45, 7) is 2.13. The van der Waals surface area contributed by atoms with Crippen LogP contribution in [0.1, 0.15) is 50.4 Å². The first-order valence-corrected chi connectivity index (χ1v) is 11.8. The average molecular weight is 518 g/mol. The summed E-state index contributed by atoms with van der Waals surface area (Å²) in [7, 11) is 4.67. The minimum absolute atomic E-state index is 0.0287. The molecule has 1 aliphatic heterocycles. The Hall–Kier alpha value is -3.76. The van der Waals surface area contributed by atoms with E-state index in [1.165, 1.54) is 17.8 Å². The molecule has 1 aliphatic rings. The molecule has 198 valence electrons. The number of carbonyl (C=O) groups excluding carboxylic acids is 1. The summed E-state index contributed by atoms with van der Waals surface area (Å²) >= 11 is 0. The molecule has 0 fully saturated rings. The second-order valence-electron chi connectivity index (χ2n) is 9.62. The zero-order valence-corrected chi connectivity index (χ0v) is 21.4. The smallest absolute Gasteiger partial charge is 0.399 e. The molecule has 1 atom stereocenters. The predicted octanol–water partition coefficient (Wildman–Crippen LogP) is 5.16. The quantitative estimate of drug-likeness (QED) is 0.450. The summed E-state index contributed by atoms with van der Waals surface area (Å²) in [5.41, 5.74) is 0.412. The number of aryl methyl sites for hydroxylation is 1. The molecule has 0 saturated carbocycles. The fraction of sp³-hybridized carbons (Fsp3) is 0.423. The molecule has 0 spiro atoms. The van der Waals surface area contributed by atoms with Crippen molar-refractivity contribution in [1.82, 2.24) is 20.1 Å². The average Bonchev–Trinajstić information content (AvgIpc) is 3.23. The van der Waals surface area contributed by atoms with Crippen LogP contribution in [0.3, 0.4) is 0 Å². The lowest BCUT2D eigenvalue weighted by molar-refractivity contribution is -0.181. The van der Waals surface area contributed by atoms with Crippen LogP contribution in [0.4, 0.5) is 19.0 Å². The number of carbonyl (C=O) groups is 1. The van der Waals surface area contributed by atoms with E-state index in [0.29, 0.717) is 17.9 Å². The number of amides is 1. The van der Waals surface area contributed by atoms with Gasteiger partial charge in [-0.2, -0.15) is 18.3 Å². The number of hydrogen-bond acceptors (Lipinski definition) is 6. The lowest BCUT2D eigenvalue weighted by atomic mass is 9.89. The Morgan fingerprint density at radius 1 is 1.16 bits per heavy atom. The number of hydrogen-bond donors (Lipinski definition) is 2. The maximum atomic E-state index is 13.4. The standard InChI is InChI=1S/C26H30F3N5O3/c1-25(2,26(27,28)29)22-12-23(34(3)33-22)32-24(35)8-15-6-7-18(30-13-15)17-9-16-10-20(36-4)21(37-5)11-19(16)31-14-17/h9-14,18,30H,6-8H2,1-5H3,(H,32,35). The van der Waals surface area contributed by atoms with E-state index in [4.69, 9.17) is 9.47 Å². The molecule has 1 aromatic carbocycles. The maximum absolute atomic E-state index is 13.4. The van der Waals surface area contributed by atoms with Gasteiger partial charge in [0, 0.05) is 37.2 Å². The Bertz CT molecular complexity index is 1350. The first kappa shape index (κ1) is 26.3. The number of fused-ring (bicyclic) bond motifs is 1. The van der Waals surface area contributed by atoms with Crippen molar-refractivity contribution in [3.05, 3.63) is 53.5 Å². The van der Waals surface area contributed by atoms with E-state index in [1.807, 2.05) is 24.5 Å². The Morgan fingerprint density at radius 3 is 2.49 bits per heavy atom. The van der Waals surface area contributed by atoms with Gasteiger partial charge in [-0.1, -0.05) is 0 Å². The van der Waals surface area contributed by atoms with Crippen LogP contribution < -0.4 is 20.1 Å². The zero-order chi connectivity index (χ0) is 27.0. The maximum Gasteiger partial charge on any atom is 0.399 e.